The molecule has 0 radical (unpaired) electrons. The highest BCUT2D eigenvalue weighted by molar-refractivity contribution is 7.16. The maximum atomic E-state index is 11.9. The maximum absolute atomic E-state index is 11.9. The summed E-state index contributed by atoms with van der Waals surface area (Å²) in [5.74, 6) is 0.669. The SMILES string of the molecule is CC1=N/C(=C\c2ccc3ncsc3c2)C(=O)N1C. The van der Waals surface area contributed by atoms with Gasteiger partial charge in [0.2, 0.25) is 0 Å². The second-order valence-corrected chi connectivity index (χ2v) is 5.02. The molecule has 0 spiro atoms. The number of rotatable bonds is 1. The van der Waals surface area contributed by atoms with Crippen molar-refractivity contribution in [3.63, 3.8) is 0 Å². The van der Waals surface area contributed by atoms with Gasteiger partial charge in [0.1, 0.15) is 11.5 Å². The summed E-state index contributed by atoms with van der Waals surface area (Å²) >= 11 is 1.59. The van der Waals surface area contributed by atoms with Crippen molar-refractivity contribution in [3.05, 3.63) is 35.0 Å². The number of likely N-dealkylation sites (N-methyl/N-ethyl adjacent to an activating group) is 1. The van der Waals surface area contributed by atoms with E-state index < -0.39 is 0 Å². The molecule has 1 amide bonds. The molecule has 0 atom stereocenters. The molecule has 0 bridgehead atoms. The number of hydrogen-bond acceptors (Lipinski definition) is 4. The largest absolute Gasteiger partial charge is 0.298 e. The van der Waals surface area contributed by atoms with Crippen LogP contribution in [0.15, 0.2) is 34.4 Å². The molecule has 1 aromatic carbocycles. The molecule has 0 saturated carbocycles. The molecular weight excluding hydrogens is 246 g/mol. The number of benzene rings is 1. The fourth-order valence-corrected chi connectivity index (χ4v) is 2.55. The van der Waals surface area contributed by atoms with Crippen LogP contribution in [-0.2, 0) is 4.79 Å². The highest BCUT2D eigenvalue weighted by Gasteiger charge is 2.23. The van der Waals surface area contributed by atoms with Crippen molar-refractivity contribution in [2.45, 2.75) is 6.92 Å². The van der Waals surface area contributed by atoms with Crippen LogP contribution in [0.4, 0.5) is 0 Å². The minimum absolute atomic E-state index is 0.0584. The van der Waals surface area contributed by atoms with E-state index in [1.54, 1.807) is 23.3 Å². The van der Waals surface area contributed by atoms with Gasteiger partial charge in [0.15, 0.2) is 0 Å². The first kappa shape index (κ1) is 11.1. The molecular formula is C13H11N3OS. The number of fused-ring (bicyclic) bond motifs is 1. The van der Waals surface area contributed by atoms with Crippen molar-refractivity contribution >= 4 is 39.4 Å². The number of amides is 1. The number of aliphatic imine (C=N–C) groups is 1. The second-order valence-electron chi connectivity index (χ2n) is 4.13. The summed E-state index contributed by atoms with van der Waals surface area (Å²) < 4.78 is 1.11. The summed E-state index contributed by atoms with van der Waals surface area (Å²) in [4.78, 5) is 21.9. The first-order valence-corrected chi connectivity index (χ1v) is 6.41. The van der Waals surface area contributed by atoms with Crippen molar-refractivity contribution in [1.82, 2.24) is 9.88 Å². The van der Waals surface area contributed by atoms with Crippen molar-refractivity contribution in [2.75, 3.05) is 7.05 Å². The van der Waals surface area contributed by atoms with E-state index in [-0.39, 0.29) is 5.91 Å². The lowest BCUT2D eigenvalue weighted by molar-refractivity contribution is -0.121. The van der Waals surface area contributed by atoms with Gasteiger partial charge in [0.05, 0.1) is 15.7 Å². The number of hydrogen-bond donors (Lipinski definition) is 0. The van der Waals surface area contributed by atoms with Crippen molar-refractivity contribution in [3.8, 4) is 0 Å². The van der Waals surface area contributed by atoms with E-state index in [0.717, 1.165) is 21.6 Å². The fourth-order valence-electron chi connectivity index (χ4n) is 1.83. The normalized spacial score (nSPS) is 17.9. The van der Waals surface area contributed by atoms with Crippen LogP contribution in [0.1, 0.15) is 12.5 Å². The Kier molecular flexibility index (Phi) is 2.48. The zero-order valence-electron chi connectivity index (χ0n) is 10.0. The van der Waals surface area contributed by atoms with Gasteiger partial charge in [-0.25, -0.2) is 9.98 Å². The Labute approximate surface area is 108 Å². The molecule has 5 heteroatoms. The lowest BCUT2D eigenvalue weighted by Crippen LogP contribution is -2.25. The summed E-state index contributed by atoms with van der Waals surface area (Å²) in [7, 11) is 1.73. The molecule has 1 aromatic heterocycles. The number of amidine groups is 1. The number of carbonyl (C=O) groups excluding carboxylic acids is 1. The van der Waals surface area contributed by atoms with Crippen molar-refractivity contribution in [1.29, 1.82) is 0 Å². The predicted molar refractivity (Wildman–Crippen MR) is 73.5 cm³/mol. The van der Waals surface area contributed by atoms with Gasteiger partial charge < -0.3 is 0 Å². The molecule has 1 aliphatic heterocycles. The van der Waals surface area contributed by atoms with E-state index in [2.05, 4.69) is 9.98 Å². The zero-order chi connectivity index (χ0) is 12.7. The first-order chi connectivity index (χ1) is 8.65. The van der Waals surface area contributed by atoms with E-state index in [4.69, 9.17) is 0 Å². The molecule has 2 heterocycles. The summed E-state index contributed by atoms with van der Waals surface area (Å²) in [6.45, 7) is 1.82. The third kappa shape index (κ3) is 1.73. The Morgan fingerprint density at radius 2 is 2.22 bits per heavy atom. The van der Waals surface area contributed by atoms with E-state index in [9.17, 15) is 4.79 Å². The summed E-state index contributed by atoms with van der Waals surface area (Å²) in [6.07, 6.45) is 1.81. The molecule has 0 saturated heterocycles. The van der Waals surface area contributed by atoms with E-state index in [0.29, 0.717) is 5.70 Å². The molecule has 18 heavy (non-hydrogen) atoms. The van der Waals surface area contributed by atoms with Crippen LogP contribution >= 0.6 is 11.3 Å². The van der Waals surface area contributed by atoms with Gasteiger partial charge in [-0.15, -0.1) is 11.3 Å². The number of nitrogens with zero attached hydrogens (tertiary/aromatic N) is 3. The minimum atomic E-state index is -0.0584. The quantitative estimate of drug-likeness (QED) is 0.737. The minimum Gasteiger partial charge on any atom is -0.298 e. The van der Waals surface area contributed by atoms with Gasteiger partial charge >= 0.3 is 0 Å². The predicted octanol–water partition coefficient (Wildman–Crippen LogP) is 2.53. The lowest BCUT2D eigenvalue weighted by Gasteiger charge is -2.05. The Morgan fingerprint density at radius 3 is 2.94 bits per heavy atom. The Balaban J connectivity index is 2.03. The van der Waals surface area contributed by atoms with Crippen LogP contribution in [0.5, 0.6) is 0 Å². The van der Waals surface area contributed by atoms with Crippen molar-refractivity contribution in [2.24, 2.45) is 4.99 Å². The zero-order valence-corrected chi connectivity index (χ0v) is 10.9. The molecule has 0 N–H and O–H groups in total. The monoisotopic (exact) mass is 257 g/mol. The van der Waals surface area contributed by atoms with Gasteiger partial charge in [-0.2, -0.15) is 0 Å². The Morgan fingerprint density at radius 1 is 1.39 bits per heavy atom. The third-order valence-corrected chi connectivity index (χ3v) is 3.74. The Hall–Kier alpha value is -2.01. The van der Waals surface area contributed by atoms with Crippen molar-refractivity contribution < 1.29 is 4.79 Å². The van der Waals surface area contributed by atoms with Gasteiger partial charge in [0, 0.05) is 7.05 Å². The molecule has 1 aliphatic rings. The van der Waals surface area contributed by atoms with Crippen LogP contribution in [0.2, 0.25) is 0 Å². The molecule has 90 valence electrons. The third-order valence-electron chi connectivity index (χ3n) is 2.95. The standard InChI is InChI=1S/C13H11N3OS/c1-8-15-11(13(17)16(8)2)5-9-3-4-10-12(6-9)18-7-14-10/h3-7H,1-2H3/b11-5-. The summed E-state index contributed by atoms with van der Waals surface area (Å²) in [5, 5.41) is 0. The number of thiazole rings is 1. The second kappa shape index (κ2) is 4.03. The van der Waals surface area contributed by atoms with Crippen LogP contribution in [0, 0.1) is 0 Å². The molecule has 0 aliphatic carbocycles. The molecule has 0 fully saturated rings. The molecule has 0 unspecified atom stereocenters. The van der Waals surface area contributed by atoms with Gasteiger partial charge in [0.25, 0.3) is 5.91 Å². The van der Waals surface area contributed by atoms with Gasteiger partial charge in [-0.1, -0.05) is 6.07 Å². The van der Waals surface area contributed by atoms with E-state index in [1.807, 2.05) is 36.7 Å². The number of carbonyl (C=O) groups is 1. The van der Waals surface area contributed by atoms with Crippen LogP contribution < -0.4 is 0 Å². The average Bonchev–Trinajstić information content (AvgIpc) is 2.91. The maximum Gasteiger partial charge on any atom is 0.277 e. The molecule has 2 aromatic rings. The highest BCUT2D eigenvalue weighted by atomic mass is 32.1. The lowest BCUT2D eigenvalue weighted by atomic mass is 10.2. The smallest absolute Gasteiger partial charge is 0.277 e. The van der Waals surface area contributed by atoms with Crippen LogP contribution in [-0.4, -0.2) is 28.7 Å². The Bertz CT molecular complexity index is 699. The average molecular weight is 257 g/mol. The van der Waals surface area contributed by atoms with Crippen LogP contribution in [0.25, 0.3) is 16.3 Å². The molecule has 4 nitrogen and oxygen atoms in total. The van der Waals surface area contributed by atoms with Gasteiger partial charge in [-0.05, 0) is 30.7 Å². The first-order valence-electron chi connectivity index (χ1n) is 5.53. The van der Waals surface area contributed by atoms with E-state index >= 15 is 0 Å². The highest BCUT2D eigenvalue weighted by Crippen LogP contribution is 2.22. The topological polar surface area (TPSA) is 45.6 Å². The fraction of sp³-hybridized carbons (Fsp3) is 0.154. The molecule has 3 rings (SSSR count). The summed E-state index contributed by atoms with van der Waals surface area (Å²) in [5.41, 5.74) is 4.26. The summed E-state index contributed by atoms with van der Waals surface area (Å²) in [6, 6.07) is 5.93. The number of aromatic nitrogens is 1. The van der Waals surface area contributed by atoms with Crippen LogP contribution in [0.3, 0.4) is 0 Å². The van der Waals surface area contributed by atoms with E-state index in [1.165, 1.54) is 0 Å². The van der Waals surface area contributed by atoms with Gasteiger partial charge in [-0.3, -0.25) is 9.69 Å².